The second-order valence-corrected chi connectivity index (χ2v) is 5.86. The first-order valence-electron chi connectivity index (χ1n) is 7.95. The number of hydrogen-bond donors (Lipinski definition) is 1. The van der Waals surface area contributed by atoms with Crippen LogP contribution >= 0.6 is 0 Å². The van der Waals surface area contributed by atoms with E-state index in [0.717, 1.165) is 36.6 Å². The number of aliphatic hydroxyl groups is 1. The number of hydrogen-bond acceptors (Lipinski definition) is 4. The molecule has 1 fully saturated rings. The van der Waals surface area contributed by atoms with Crippen LogP contribution in [0.4, 0.5) is 0 Å². The van der Waals surface area contributed by atoms with Crippen LogP contribution in [0.25, 0.3) is 11.2 Å². The molecule has 5 heteroatoms. The summed E-state index contributed by atoms with van der Waals surface area (Å²) in [6.07, 6.45) is 4.96. The molecule has 2 aromatic heterocycles. The Hall–Kier alpha value is -1.46. The van der Waals surface area contributed by atoms with Crippen LogP contribution in [0.3, 0.4) is 0 Å². The molecular formula is C16H24N4O. The number of nitrogens with zero attached hydrogens (tertiary/aromatic N) is 4. The highest BCUT2D eigenvalue weighted by Gasteiger charge is 2.21. The van der Waals surface area contributed by atoms with Gasteiger partial charge in [0.1, 0.15) is 11.3 Å². The van der Waals surface area contributed by atoms with Crippen LogP contribution in [0.2, 0.25) is 0 Å². The lowest BCUT2D eigenvalue weighted by molar-refractivity contribution is 0.169. The molecule has 0 radical (unpaired) electrons. The summed E-state index contributed by atoms with van der Waals surface area (Å²) in [6.45, 7) is 6.83. The van der Waals surface area contributed by atoms with Gasteiger partial charge in [0.15, 0.2) is 5.65 Å². The minimum absolute atomic E-state index is 0.134. The first-order chi connectivity index (χ1) is 10.3. The summed E-state index contributed by atoms with van der Waals surface area (Å²) in [5.41, 5.74) is 1.89. The number of rotatable bonds is 5. The van der Waals surface area contributed by atoms with Crippen LogP contribution in [0.15, 0.2) is 18.3 Å². The normalized spacial score (nSPS) is 20.2. The first kappa shape index (κ1) is 14.5. The Morgan fingerprint density at radius 2 is 2.33 bits per heavy atom. The molecule has 2 aromatic rings. The van der Waals surface area contributed by atoms with E-state index in [-0.39, 0.29) is 6.61 Å². The molecule has 3 rings (SSSR count). The minimum Gasteiger partial charge on any atom is -0.396 e. The molecule has 1 saturated heterocycles. The Labute approximate surface area is 125 Å². The van der Waals surface area contributed by atoms with E-state index in [1.54, 1.807) is 0 Å². The minimum atomic E-state index is 0.134. The fourth-order valence-electron chi connectivity index (χ4n) is 3.33. The van der Waals surface area contributed by atoms with Crippen molar-refractivity contribution in [3.63, 3.8) is 0 Å². The Morgan fingerprint density at radius 3 is 3.14 bits per heavy atom. The van der Waals surface area contributed by atoms with E-state index in [2.05, 4.69) is 26.4 Å². The lowest BCUT2D eigenvalue weighted by atomic mass is 9.98. The largest absolute Gasteiger partial charge is 0.396 e. The van der Waals surface area contributed by atoms with Gasteiger partial charge in [-0.3, -0.25) is 0 Å². The van der Waals surface area contributed by atoms with E-state index in [9.17, 15) is 5.11 Å². The van der Waals surface area contributed by atoms with E-state index in [1.165, 1.54) is 19.4 Å². The van der Waals surface area contributed by atoms with Gasteiger partial charge in [-0.05, 0) is 44.0 Å². The number of pyridine rings is 1. The van der Waals surface area contributed by atoms with Crippen LogP contribution in [0.5, 0.6) is 0 Å². The summed E-state index contributed by atoms with van der Waals surface area (Å²) in [4.78, 5) is 11.6. The van der Waals surface area contributed by atoms with Crippen molar-refractivity contribution in [2.45, 2.75) is 32.7 Å². The molecule has 0 aliphatic carbocycles. The molecule has 5 nitrogen and oxygen atoms in total. The van der Waals surface area contributed by atoms with Crippen LogP contribution in [0, 0.1) is 5.92 Å². The predicted molar refractivity (Wildman–Crippen MR) is 83.2 cm³/mol. The van der Waals surface area contributed by atoms with Crippen molar-refractivity contribution >= 4 is 11.2 Å². The zero-order chi connectivity index (χ0) is 14.7. The fourth-order valence-corrected chi connectivity index (χ4v) is 3.33. The van der Waals surface area contributed by atoms with Gasteiger partial charge in [0.2, 0.25) is 0 Å². The topological polar surface area (TPSA) is 54.2 Å². The van der Waals surface area contributed by atoms with Gasteiger partial charge in [-0.2, -0.15) is 0 Å². The highest BCUT2D eigenvalue weighted by atomic mass is 16.3. The molecule has 0 amide bonds. The Kier molecular flexibility index (Phi) is 4.51. The zero-order valence-corrected chi connectivity index (χ0v) is 12.7. The first-order valence-corrected chi connectivity index (χ1v) is 7.95. The number of likely N-dealkylation sites (tertiary alicyclic amines) is 1. The molecule has 0 bridgehead atoms. The molecule has 0 spiro atoms. The molecule has 1 aliphatic rings. The highest BCUT2D eigenvalue weighted by molar-refractivity contribution is 5.71. The van der Waals surface area contributed by atoms with Crippen LogP contribution in [0.1, 0.15) is 25.6 Å². The molecule has 1 atom stereocenters. The van der Waals surface area contributed by atoms with Gasteiger partial charge >= 0.3 is 0 Å². The average Bonchev–Trinajstić information content (AvgIpc) is 2.86. The average molecular weight is 288 g/mol. The highest BCUT2D eigenvalue weighted by Crippen LogP contribution is 2.22. The number of aromatic nitrogens is 3. The standard InChI is InChI=1S/C16H24N4O/c1-2-19-9-4-5-13(11-19)12-20-15(7-10-21)18-14-6-3-8-17-16(14)20/h3,6,8,13,21H,2,4-5,7,9-12H2,1H3. The van der Waals surface area contributed by atoms with Gasteiger partial charge in [-0.15, -0.1) is 0 Å². The van der Waals surface area contributed by atoms with Crippen molar-refractivity contribution in [2.24, 2.45) is 5.92 Å². The third kappa shape index (κ3) is 3.09. The molecule has 0 aromatic carbocycles. The molecular weight excluding hydrogens is 264 g/mol. The van der Waals surface area contributed by atoms with Crippen molar-refractivity contribution in [1.29, 1.82) is 0 Å². The van der Waals surface area contributed by atoms with E-state index in [1.807, 2.05) is 18.3 Å². The number of fused-ring (bicyclic) bond motifs is 1. The van der Waals surface area contributed by atoms with E-state index < -0.39 is 0 Å². The van der Waals surface area contributed by atoms with E-state index >= 15 is 0 Å². The molecule has 1 N–H and O–H groups in total. The van der Waals surface area contributed by atoms with E-state index in [0.29, 0.717) is 12.3 Å². The maximum absolute atomic E-state index is 9.27. The number of aliphatic hydroxyl groups excluding tert-OH is 1. The van der Waals surface area contributed by atoms with Crippen molar-refractivity contribution in [1.82, 2.24) is 19.4 Å². The Balaban J connectivity index is 1.86. The van der Waals surface area contributed by atoms with Gasteiger partial charge in [0.25, 0.3) is 0 Å². The quantitative estimate of drug-likeness (QED) is 0.910. The van der Waals surface area contributed by atoms with Gasteiger partial charge in [0, 0.05) is 25.7 Å². The third-order valence-electron chi connectivity index (χ3n) is 4.41. The molecule has 0 saturated carbocycles. The summed E-state index contributed by atoms with van der Waals surface area (Å²) in [5.74, 6) is 1.61. The van der Waals surface area contributed by atoms with Crippen molar-refractivity contribution < 1.29 is 5.11 Å². The van der Waals surface area contributed by atoms with E-state index in [4.69, 9.17) is 0 Å². The summed E-state index contributed by atoms with van der Waals surface area (Å²) >= 11 is 0. The smallest absolute Gasteiger partial charge is 0.159 e. The summed E-state index contributed by atoms with van der Waals surface area (Å²) in [7, 11) is 0. The van der Waals surface area contributed by atoms with Crippen LogP contribution in [-0.2, 0) is 13.0 Å². The third-order valence-corrected chi connectivity index (χ3v) is 4.41. The Morgan fingerprint density at radius 1 is 1.43 bits per heavy atom. The number of piperidine rings is 1. The molecule has 1 aliphatic heterocycles. The maximum Gasteiger partial charge on any atom is 0.159 e. The molecule has 114 valence electrons. The summed E-state index contributed by atoms with van der Waals surface area (Å²) < 4.78 is 2.22. The van der Waals surface area contributed by atoms with Crippen LogP contribution < -0.4 is 0 Å². The van der Waals surface area contributed by atoms with Gasteiger partial charge in [0.05, 0.1) is 6.61 Å². The second kappa shape index (κ2) is 6.54. The summed E-state index contributed by atoms with van der Waals surface area (Å²) in [6, 6.07) is 3.92. The van der Waals surface area contributed by atoms with Gasteiger partial charge in [-0.25, -0.2) is 9.97 Å². The van der Waals surface area contributed by atoms with Gasteiger partial charge < -0.3 is 14.6 Å². The lowest BCUT2D eigenvalue weighted by Crippen LogP contribution is -2.37. The monoisotopic (exact) mass is 288 g/mol. The molecule has 3 heterocycles. The maximum atomic E-state index is 9.27. The van der Waals surface area contributed by atoms with Crippen molar-refractivity contribution in [3.05, 3.63) is 24.2 Å². The Bertz CT molecular complexity index is 595. The summed E-state index contributed by atoms with van der Waals surface area (Å²) in [5, 5.41) is 9.27. The SMILES string of the molecule is CCN1CCCC(Cn2c(CCO)nc3cccnc32)C1. The van der Waals surface area contributed by atoms with Crippen molar-refractivity contribution in [3.8, 4) is 0 Å². The van der Waals surface area contributed by atoms with Crippen molar-refractivity contribution in [2.75, 3.05) is 26.2 Å². The predicted octanol–water partition coefficient (Wildman–Crippen LogP) is 1.70. The lowest BCUT2D eigenvalue weighted by Gasteiger charge is -2.32. The second-order valence-electron chi connectivity index (χ2n) is 5.86. The van der Waals surface area contributed by atoms with Crippen LogP contribution in [-0.4, -0.2) is 50.8 Å². The molecule has 21 heavy (non-hydrogen) atoms. The zero-order valence-electron chi connectivity index (χ0n) is 12.7. The number of imidazole rings is 1. The molecule has 1 unspecified atom stereocenters. The van der Waals surface area contributed by atoms with Gasteiger partial charge in [-0.1, -0.05) is 6.92 Å². The fraction of sp³-hybridized carbons (Fsp3) is 0.625.